The van der Waals surface area contributed by atoms with Gasteiger partial charge in [0.25, 0.3) is 0 Å². The summed E-state index contributed by atoms with van der Waals surface area (Å²) < 4.78 is 11.8. The van der Waals surface area contributed by atoms with Crippen LogP contribution in [0.4, 0.5) is 5.69 Å². The number of ether oxygens (including phenoxy) is 1. The number of aromatic carboxylic acids is 1. The number of anilines is 1. The average molecular weight is 611 g/mol. The highest BCUT2D eigenvalue weighted by Crippen LogP contribution is 2.46. The molecule has 9 nitrogen and oxygen atoms in total. The molecule has 0 atom stereocenters. The smallest absolute Gasteiger partial charge is 0.336 e. The van der Waals surface area contributed by atoms with Crippen molar-refractivity contribution in [2.24, 2.45) is 0 Å². The van der Waals surface area contributed by atoms with E-state index in [4.69, 9.17) is 37.4 Å². The number of carbonyl (C=O) groups is 1. The van der Waals surface area contributed by atoms with E-state index < -0.39 is 5.97 Å². The third-order valence-electron chi connectivity index (χ3n) is 8.04. The molecule has 11 heteroatoms. The number of hydrogen-bond acceptors (Lipinski definition) is 8. The van der Waals surface area contributed by atoms with Crippen LogP contribution in [0, 0.1) is 0 Å². The Balaban J connectivity index is 1.10. The molecule has 1 saturated carbocycles. The number of likely N-dealkylation sites (N-methyl/N-ethyl adjacent to an activating group) is 1. The van der Waals surface area contributed by atoms with Gasteiger partial charge >= 0.3 is 5.97 Å². The first-order valence-electron chi connectivity index (χ1n) is 14.4. The number of nitrogens with zero attached hydrogens (tertiary/aromatic N) is 5. The Morgan fingerprint density at radius 1 is 1.07 bits per heavy atom. The van der Waals surface area contributed by atoms with Crippen molar-refractivity contribution < 1.29 is 19.2 Å². The molecule has 0 spiro atoms. The van der Waals surface area contributed by atoms with Gasteiger partial charge in [-0.05, 0) is 57.4 Å². The van der Waals surface area contributed by atoms with Crippen LogP contribution in [-0.4, -0.2) is 70.9 Å². The number of aryl methyl sites for hydroxylation is 1. The van der Waals surface area contributed by atoms with E-state index in [9.17, 15) is 9.90 Å². The fourth-order valence-corrected chi connectivity index (χ4v) is 6.06. The molecule has 1 N–H and O–H groups in total. The van der Waals surface area contributed by atoms with Crippen LogP contribution in [0.25, 0.3) is 22.2 Å². The fourth-order valence-electron chi connectivity index (χ4n) is 5.52. The van der Waals surface area contributed by atoms with Gasteiger partial charge < -0.3 is 24.2 Å². The lowest BCUT2D eigenvalue weighted by Gasteiger charge is -2.34. The van der Waals surface area contributed by atoms with E-state index in [1.807, 2.05) is 18.2 Å². The molecule has 3 aromatic heterocycles. The highest BCUT2D eigenvalue weighted by atomic mass is 35.5. The van der Waals surface area contributed by atoms with Gasteiger partial charge in [0.05, 0.1) is 33.4 Å². The van der Waals surface area contributed by atoms with Crippen LogP contribution in [-0.2, 0) is 17.8 Å². The van der Waals surface area contributed by atoms with E-state index in [1.54, 1.807) is 18.5 Å². The number of pyridine rings is 2. The molecule has 1 saturated heterocycles. The molecule has 4 heterocycles. The normalized spacial score (nSPS) is 15.9. The Bertz CT molecular complexity index is 1580. The topological polar surface area (TPSA) is 105 Å². The second-order valence-corrected chi connectivity index (χ2v) is 11.9. The lowest BCUT2D eigenvalue weighted by Crippen LogP contribution is -2.44. The predicted octanol–water partition coefficient (Wildman–Crippen LogP) is 6.46. The van der Waals surface area contributed by atoms with Gasteiger partial charge in [0.2, 0.25) is 0 Å². The Labute approximate surface area is 254 Å². The molecule has 4 aromatic rings. The molecule has 6 rings (SSSR count). The lowest BCUT2D eigenvalue weighted by atomic mass is 10.0. The first-order valence-corrected chi connectivity index (χ1v) is 15.1. The zero-order valence-electron chi connectivity index (χ0n) is 23.5. The van der Waals surface area contributed by atoms with Gasteiger partial charge in [-0.25, -0.2) is 4.79 Å². The highest BCUT2D eigenvalue weighted by Gasteiger charge is 2.33. The second kappa shape index (κ2) is 12.6. The number of rotatable bonds is 11. The van der Waals surface area contributed by atoms with E-state index >= 15 is 0 Å². The standard InChI is InChI=1S/C31H33Cl2N5O4/c1-37-11-13-38(14-12-37)26-10-9-22(31(39)40)21-8-7-20(35-28(21)26)4-2-3-15-41-18-23-29(36-42-30(23)19-5-6-19)27-24(32)16-34-17-25(27)33/h7-10,16-17,19H,2-6,11-15,18H2,1H3,(H,39,40). The van der Waals surface area contributed by atoms with Gasteiger partial charge in [-0.2, -0.15) is 0 Å². The summed E-state index contributed by atoms with van der Waals surface area (Å²) >= 11 is 12.8. The number of halogens is 2. The molecule has 220 valence electrons. The number of benzene rings is 1. The van der Waals surface area contributed by atoms with Crippen LogP contribution in [0.3, 0.4) is 0 Å². The Hall–Kier alpha value is -3.24. The summed E-state index contributed by atoms with van der Waals surface area (Å²) in [5, 5.41) is 15.6. The first-order chi connectivity index (χ1) is 20.4. The maximum atomic E-state index is 11.9. The summed E-state index contributed by atoms with van der Waals surface area (Å²) in [7, 11) is 2.12. The molecule has 0 amide bonds. The van der Waals surface area contributed by atoms with Crippen molar-refractivity contribution in [1.29, 1.82) is 0 Å². The number of carboxylic acid groups (broad SMARTS) is 1. The third-order valence-corrected chi connectivity index (χ3v) is 8.62. The number of hydrogen-bond donors (Lipinski definition) is 1. The number of unbranched alkanes of at least 4 members (excludes halogenated alkanes) is 1. The van der Waals surface area contributed by atoms with Gasteiger partial charge in [-0.3, -0.25) is 9.97 Å². The quantitative estimate of drug-likeness (QED) is 0.192. The summed E-state index contributed by atoms with van der Waals surface area (Å²) in [4.78, 5) is 25.5. The molecule has 1 aliphatic carbocycles. The minimum absolute atomic E-state index is 0.281. The molecule has 0 radical (unpaired) electrons. The molecule has 0 unspecified atom stereocenters. The largest absolute Gasteiger partial charge is 0.478 e. The van der Waals surface area contributed by atoms with Crippen LogP contribution in [0.15, 0.2) is 41.2 Å². The summed E-state index contributed by atoms with van der Waals surface area (Å²) in [5.74, 6) is 0.276. The monoisotopic (exact) mass is 609 g/mol. The summed E-state index contributed by atoms with van der Waals surface area (Å²) in [6.07, 6.45) is 7.75. The van der Waals surface area contributed by atoms with Crippen molar-refractivity contribution in [1.82, 2.24) is 20.0 Å². The van der Waals surface area contributed by atoms with Crippen molar-refractivity contribution in [3.63, 3.8) is 0 Å². The number of piperazine rings is 1. The second-order valence-electron chi connectivity index (χ2n) is 11.1. The maximum absolute atomic E-state index is 11.9. The SMILES string of the molecule is CN1CCN(c2ccc(C(=O)O)c3ccc(CCCCOCc4c(-c5c(Cl)cncc5Cl)noc4C4CC4)nc23)CC1. The minimum atomic E-state index is -0.939. The fraction of sp³-hybridized carbons (Fsp3) is 0.419. The molecular formula is C31H33Cl2N5O4. The number of fused-ring (bicyclic) bond motifs is 1. The van der Waals surface area contributed by atoms with E-state index in [-0.39, 0.29) is 5.56 Å². The van der Waals surface area contributed by atoms with E-state index in [0.29, 0.717) is 45.8 Å². The molecule has 1 aromatic carbocycles. The van der Waals surface area contributed by atoms with Crippen molar-refractivity contribution in [2.45, 2.75) is 44.6 Å². The van der Waals surface area contributed by atoms with Crippen LogP contribution in [0.2, 0.25) is 10.0 Å². The lowest BCUT2D eigenvalue weighted by molar-refractivity contribution is 0.0699. The van der Waals surface area contributed by atoms with Crippen molar-refractivity contribution in [2.75, 3.05) is 44.7 Å². The Morgan fingerprint density at radius 3 is 2.55 bits per heavy atom. The van der Waals surface area contributed by atoms with Crippen molar-refractivity contribution in [3.05, 3.63) is 69.3 Å². The summed E-state index contributed by atoms with van der Waals surface area (Å²) in [5.41, 5.74) is 5.11. The van der Waals surface area contributed by atoms with Crippen LogP contribution in [0.1, 0.15) is 59.0 Å². The zero-order valence-corrected chi connectivity index (χ0v) is 25.0. The minimum Gasteiger partial charge on any atom is -0.478 e. The zero-order chi connectivity index (χ0) is 29.2. The van der Waals surface area contributed by atoms with Gasteiger partial charge in [-0.15, -0.1) is 0 Å². The Morgan fingerprint density at radius 2 is 1.83 bits per heavy atom. The predicted molar refractivity (Wildman–Crippen MR) is 163 cm³/mol. The van der Waals surface area contributed by atoms with E-state index in [2.05, 4.69) is 27.0 Å². The van der Waals surface area contributed by atoms with Gasteiger partial charge in [0, 0.05) is 73.3 Å². The first kappa shape index (κ1) is 28.9. The summed E-state index contributed by atoms with van der Waals surface area (Å²) in [6.45, 7) is 4.62. The molecule has 2 aliphatic rings. The van der Waals surface area contributed by atoms with Gasteiger partial charge in [-0.1, -0.05) is 34.4 Å². The maximum Gasteiger partial charge on any atom is 0.336 e. The van der Waals surface area contributed by atoms with Crippen LogP contribution < -0.4 is 4.90 Å². The van der Waals surface area contributed by atoms with E-state index in [0.717, 1.165) is 86.5 Å². The average Bonchev–Trinajstić information content (AvgIpc) is 3.75. The highest BCUT2D eigenvalue weighted by molar-refractivity contribution is 6.38. The summed E-state index contributed by atoms with van der Waals surface area (Å²) in [6, 6.07) is 7.45. The van der Waals surface area contributed by atoms with Crippen LogP contribution in [0.5, 0.6) is 0 Å². The van der Waals surface area contributed by atoms with Crippen molar-refractivity contribution >= 4 is 45.8 Å². The van der Waals surface area contributed by atoms with Crippen LogP contribution >= 0.6 is 23.2 Å². The molecule has 2 fully saturated rings. The molecular weight excluding hydrogens is 577 g/mol. The Kier molecular flexibility index (Phi) is 8.62. The molecule has 42 heavy (non-hydrogen) atoms. The van der Waals surface area contributed by atoms with Gasteiger partial charge in [0.1, 0.15) is 11.5 Å². The number of carboxylic acids is 1. The molecule has 0 bridgehead atoms. The van der Waals surface area contributed by atoms with Crippen molar-refractivity contribution in [3.8, 4) is 11.3 Å². The molecule has 1 aliphatic heterocycles. The van der Waals surface area contributed by atoms with E-state index in [1.165, 1.54) is 0 Å². The number of aromatic nitrogens is 3. The third kappa shape index (κ3) is 6.10. The van der Waals surface area contributed by atoms with Gasteiger partial charge in [0.15, 0.2) is 0 Å².